The molecule has 1 atom stereocenters. The lowest BCUT2D eigenvalue weighted by Gasteiger charge is -2.32. The van der Waals surface area contributed by atoms with Crippen LogP contribution in [0.25, 0.3) is 0 Å². The van der Waals surface area contributed by atoms with Crippen LogP contribution >= 0.6 is 0 Å². The molecule has 2 N–H and O–H groups in total. The summed E-state index contributed by atoms with van der Waals surface area (Å²) < 4.78 is 0. The fourth-order valence-electron chi connectivity index (χ4n) is 3.79. The Bertz CT molecular complexity index is 839. The maximum Gasteiger partial charge on any atom is 0.333 e. The molecule has 1 unspecified atom stereocenters. The van der Waals surface area contributed by atoms with Gasteiger partial charge in [0.2, 0.25) is 0 Å². The van der Waals surface area contributed by atoms with Gasteiger partial charge in [-0.05, 0) is 25.1 Å². The number of benzene rings is 1. The molecule has 1 aromatic rings. The van der Waals surface area contributed by atoms with E-state index in [0.29, 0.717) is 16.8 Å². The Kier molecular flexibility index (Phi) is 4.75. The molecule has 3 aliphatic rings. The molecule has 2 amide bonds. The van der Waals surface area contributed by atoms with E-state index in [1.54, 1.807) is 6.07 Å². The van der Waals surface area contributed by atoms with Crippen molar-refractivity contribution in [2.24, 2.45) is 10.2 Å². The molecule has 1 aliphatic carbocycles. The summed E-state index contributed by atoms with van der Waals surface area (Å²) in [5.74, 6) is -0.0704. The average molecular weight is 368 g/mol. The molecule has 0 saturated carbocycles. The highest BCUT2D eigenvalue weighted by Crippen LogP contribution is 2.47. The summed E-state index contributed by atoms with van der Waals surface area (Å²) in [5.41, 5.74) is 6.19. The Hall–Kier alpha value is -2.58. The maximum atomic E-state index is 13.0. The highest BCUT2D eigenvalue weighted by molar-refractivity contribution is 6.19. The summed E-state index contributed by atoms with van der Waals surface area (Å²) in [6, 6.07) is 4.84. The van der Waals surface area contributed by atoms with Gasteiger partial charge in [0.05, 0.1) is 22.5 Å². The first-order valence-corrected chi connectivity index (χ1v) is 9.41. The molecule has 2 heterocycles. The van der Waals surface area contributed by atoms with E-state index < -0.39 is 0 Å². The molecule has 1 fully saturated rings. The number of fused-ring (bicyclic) bond motifs is 3. The second-order valence-electron chi connectivity index (χ2n) is 7.18. The largest absolute Gasteiger partial charge is 0.333 e. The summed E-state index contributed by atoms with van der Waals surface area (Å²) in [6.45, 7) is 5.40. The molecule has 142 valence electrons. The van der Waals surface area contributed by atoms with Crippen LogP contribution in [-0.4, -0.2) is 54.9 Å². The number of hydrogen-bond acceptors (Lipinski definition) is 6. The van der Waals surface area contributed by atoms with Gasteiger partial charge in [-0.25, -0.2) is 9.80 Å². The first kappa shape index (κ1) is 17.8. The molecule has 8 heteroatoms. The number of hydrogen-bond donors (Lipinski definition) is 2. The Labute approximate surface area is 158 Å². The van der Waals surface area contributed by atoms with Gasteiger partial charge >= 0.3 is 6.03 Å². The van der Waals surface area contributed by atoms with Gasteiger partial charge in [0.1, 0.15) is 6.04 Å². The van der Waals surface area contributed by atoms with Crippen molar-refractivity contribution in [1.82, 2.24) is 15.3 Å². The summed E-state index contributed by atoms with van der Waals surface area (Å²) in [5, 5.41) is 13.2. The van der Waals surface area contributed by atoms with Crippen LogP contribution in [0.15, 0.2) is 39.7 Å². The van der Waals surface area contributed by atoms with Gasteiger partial charge in [-0.1, -0.05) is 25.5 Å². The average Bonchev–Trinajstić information content (AvgIpc) is 3.18. The Balaban J connectivity index is 1.52. The number of amides is 2. The first-order valence-electron chi connectivity index (χ1n) is 9.41. The number of carbonyl (C=O) groups excluding carboxylic acids is 2. The number of urea groups is 1. The number of likely N-dealkylation sites (N-methyl/N-ethyl adjacent to an activating group) is 1. The quantitative estimate of drug-likeness (QED) is 0.855. The summed E-state index contributed by atoms with van der Waals surface area (Å²) in [7, 11) is 2.06. The normalized spacial score (nSPS) is 22.1. The van der Waals surface area contributed by atoms with E-state index in [0.717, 1.165) is 50.3 Å². The molecular weight excluding hydrogens is 344 g/mol. The van der Waals surface area contributed by atoms with Gasteiger partial charge in [0.15, 0.2) is 5.78 Å². The van der Waals surface area contributed by atoms with Gasteiger partial charge in [-0.3, -0.25) is 10.2 Å². The number of anilines is 1. The van der Waals surface area contributed by atoms with Crippen molar-refractivity contribution in [3.05, 3.63) is 40.6 Å². The molecule has 27 heavy (non-hydrogen) atoms. The zero-order valence-electron chi connectivity index (χ0n) is 15.7. The lowest BCUT2D eigenvalue weighted by atomic mass is 10.0. The fraction of sp³-hybridized carbons (Fsp3) is 0.474. The zero-order valence-corrected chi connectivity index (χ0v) is 15.7. The summed E-state index contributed by atoms with van der Waals surface area (Å²) >= 11 is 0. The molecule has 1 saturated heterocycles. The zero-order chi connectivity index (χ0) is 19.0. The van der Waals surface area contributed by atoms with Crippen LogP contribution in [0, 0.1) is 0 Å². The topological polar surface area (TPSA) is 89.4 Å². The third-order valence-corrected chi connectivity index (χ3v) is 5.24. The highest BCUT2D eigenvalue weighted by atomic mass is 16.2. The van der Waals surface area contributed by atoms with E-state index in [9.17, 15) is 9.59 Å². The predicted molar refractivity (Wildman–Crippen MR) is 102 cm³/mol. The number of hydrazine groups is 1. The van der Waals surface area contributed by atoms with Crippen LogP contribution in [0.5, 0.6) is 0 Å². The van der Waals surface area contributed by atoms with Gasteiger partial charge in [-0.2, -0.15) is 10.2 Å². The number of Topliss-reactive ketones (excluding diaryl/α,β-unsaturated/α-hetero) is 1. The highest BCUT2D eigenvalue weighted by Gasteiger charge is 2.41. The van der Waals surface area contributed by atoms with E-state index in [1.807, 2.05) is 17.1 Å². The Morgan fingerprint density at radius 3 is 2.78 bits per heavy atom. The van der Waals surface area contributed by atoms with Crippen molar-refractivity contribution in [1.29, 1.82) is 0 Å². The molecular formula is C19H24N6O2. The first-order chi connectivity index (χ1) is 13.1. The van der Waals surface area contributed by atoms with E-state index in [1.165, 1.54) is 0 Å². The minimum Gasteiger partial charge on any atom is -0.306 e. The minimum atomic E-state index is -0.331. The Morgan fingerprint density at radius 1 is 1.26 bits per heavy atom. The molecule has 1 aromatic carbocycles. The van der Waals surface area contributed by atoms with Crippen LogP contribution in [0.3, 0.4) is 0 Å². The predicted octanol–water partition coefficient (Wildman–Crippen LogP) is 2.73. The number of nitrogens with zero attached hydrogens (tertiary/aromatic N) is 4. The number of carbonyl (C=O) groups is 2. The van der Waals surface area contributed by atoms with Crippen LogP contribution in [0.1, 0.15) is 41.7 Å². The lowest BCUT2D eigenvalue weighted by molar-refractivity contribution is 0.103. The van der Waals surface area contributed by atoms with Crippen molar-refractivity contribution in [2.75, 3.05) is 38.5 Å². The molecule has 8 nitrogen and oxygen atoms in total. The second-order valence-corrected chi connectivity index (χ2v) is 7.18. The molecule has 0 spiro atoms. The standard InChI is InChI=1S/C19H24N6O2/c1-3-5-14-16-17(22-21-14)12-6-4-7-13(15(12)18(16)26)20-19(27)23-25-10-8-24(2)9-11-25/h4,6-7,17H,3,5,8-11H2,1-2H3,(H2,20,23,27). The Morgan fingerprint density at radius 2 is 2.04 bits per heavy atom. The third kappa shape index (κ3) is 3.26. The number of nitrogens with one attached hydrogen (secondary N) is 2. The van der Waals surface area contributed by atoms with Crippen molar-refractivity contribution < 1.29 is 9.59 Å². The van der Waals surface area contributed by atoms with Crippen molar-refractivity contribution in [3.63, 3.8) is 0 Å². The number of ketones is 1. The van der Waals surface area contributed by atoms with Gasteiger partial charge in [0.25, 0.3) is 0 Å². The smallest absolute Gasteiger partial charge is 0.306 e. The number of azo groups is 1. The van der Waals surface area contributed by atoms with Gasteiger partial charge in [-0.15, -0.1) is 0 Å². The SMILES string of the molecule is CCCC1=C2C(=O)c3c(NC(=O)NN4CCN(C)CC4)cccc3C2N=N1. The van der Waals surface area contributed by atoms with Crippen molar-refractivity contribution >= 4 is 17.5 Å². The monoisotopic (exact) mass is 368 g/mol. The van der Waals surface area contributed by atoms with E-state index >= 15 is 0 Å². The number of rotatable bonds is 4. The third-order valence-electron chi connectivity index (χ3n) is 5.24. The van der Waals surface area contributed by atoms with Gasteiger partial charge < -0.3 is 10.2 Å². The van der Waals surface area contributed by atoms with E-state index in [2.05, 4.69) is 39.8 Å². The van der Waals surface area contributed by atoms with Gasteiger partial charge in [0, 0.05) is 26.2 Å². The van der Waals surface area contributed by atoms with E-state index in [-0.39, 0.29) is 17.9 Å². The van der Waals surface area contributed by atoms with Crippen molar-refractivity contribution in [3.8, 4) is 0 Å². The molecule has 0 radical (unpaired) electrons. The number of allylic oxidation sites excluding steroid dienone is 1. The maximum absolute atomic E-state index is 13.0. The molecule has 4 rings (SSSR count). The molecule has 0 bridgehead atoms. The molecule has 2 aliphatic heterocycles. The fourth-order valence-corrected chi connectivity index (χ4v) is 3.79. The van der Waals surface area contributed by atoms with E-state index in [4.69, 9.17) is 0 Å². The van der Waals surface area contributed by atoms with Crippen LogP contribution in [0.2, 0.25) is 0 Å². The summed E-state index contributed by atoms with van der Waals surface area (Å²) in [6.07, 6.45) is 1.65. The van der Waals surface area contributed by atoms with Crippen LogP contribution in [-0.2, 0) is 0 Å². The molecule has 0 aromatic heterocycles. The minimum absolute atomic E-state index is 0.0704. The lowest BCUT2D eigenvalue weighted by Crippen LogP contribution is -2.53. The summed E-state index contributed by atoms with van der Waals surface area (Å²) in [4.78, 5) is 27.7. The number of piperazine rings is 1. The van der Waals surface area contributed by atoms with Crippen LogP contribution < -0.4 is 10.7 Å². The van der Waals surface area contributed by atoms with Crippen LogP contribution in [0.4, 0.5) is 10.5 Å². The van der Waals surface area contributed by atoms with Crippen molar-refractivity contribution in [2.45, 2.75) is 25.8 Å². The second kappa shape index (κ2) is 7.21.